The molecule has 106 valence electrons. The molecule has 1 aromatic heterocycles. The first-order chi connectivity index (χ1) is 9.75. The second-order valence-electron chi connectivity index (χ2n) is 4.10. The van der Waals surface area contributed by atoms with Gasteiger partial charge in [0.2, 0.25) is 5.88 Å². The van der Waals surface area contributed by atoms with Gasteiger partial charge >= 0.3 is 0 Å². The molecule has 0 saturated carbocycles. The molecular formula is C14H17N3O3. The number of aliphatic hydroxyl groups excluding tert-OH is 1. The number of anilines is 1. The van der Waals surface area contributed by atoms with Gasteiger partial charge in [-0.05, 0) is 17.7 Å². The van der Waals surface area contributed by atoms with Gasteiger partial charge in [-0.3, -0.25) is 0 Å². The van der Waals surface area contributed by atoms with E-state index in [1.165, 1.54) is 0 Å². The molecule has 20 heavy (non-hydrogen) atoms. The molecule has 2 aromatic rings. The van der Waals surface area contributed by atoms with Crippen molar-refractivity contribution in [1.29, 1.82) is 0 Å². The van der Waals surface area contributed by atoms with Crippen LogP contribution in [0.3, 0.4) is 0 Å². The zero-order chi connectivity index (χ0) is 14.4. The van der Waals surface area contributed by atoms with E-state index < -0.39 is 0 Å². The first-order valence-electron chi connectivity index (χ1n) is 6.17. The van der Waals surface area contributed by atoms with Crippen LogP contribution in [-0.2, 0) is 18.0 Å². The Morgan fingerprint density at radius 3 is 2.80 bits per heavy atom. The molecular weight excluding hydrogens is 258 g/mol. The summed E-state index contributed by atoms with van der Waals surface area (Å²) in [5.41, 5.74) is 0.780. The van der Waals surface area contributed by atoms with Crippen molar-refractivity contribution in [1.82, 2.24) is 9.97 Å². The number of hydrogen-bond donors (Lipinski definition) is 2. The molecule has 0 fully saturated rings. The highest BCUT2D eigenvalue weighted by molar-refractivity contribution is 5.40. The molecule has 1 aromatic carbocycles. The maximum absolute atomic E-state index is 9.12. The summed E-state index contributed by atoms with van der Waals surface area (Å²) < 4.78 is 10.7. The molecule has 0 bridgehead atoms. The van der Waals surface area contributed by atoms with Crippen LogP contribution < -0.4 is 10.1 Å². The van der Waals surface area contributed by atoms with Crippen molar-refractivity contribution >= 4 is 5.82 Å². The summed E-state index contributed by atoms with van der Waals surface area (Å²) in [6.07, 6.45) is 0. The average molecular weight is 275 g/mol. The molecule has 0 aliphatic rings. The molecule has 1 heterocycles. The van der Waals surface area contributed by atoms with Crippen LogP contribution in [0.5, 0.6) is 11.6 Å². The number of aromatic nitrogens is 2. The van der Waals surface area contributed by atoms with E-state index >= 15 is 0 Å². The van der Waals surface area contributed by atoms with Gasteiger partial charge < -0.3 is 19.9 Å². The number of nitrogens with zero attached hydrogens (tertiary/aromatic N) is 2. The standard InChI is InChI=1S/C14H17N3O3/c1-15-12-7-14(17-13(16-12)9-19-2)20-11-5-3-4-10(6-11)8-18/h3-7,18H,8-9H2,1-2H3,(H,15,16,17). The quantitative estimate of drug-likeness (QED) is 0.839. The Morgan fingerprint density at radius 2 is 2.10 bits per heavy atom. The number of nitrogens with one attached hydrogen (secondary N) is 1. The predicted octanol–water partition coefficient (Wildman–Crippen LogP) is 1.95. The number of hydrogen-bond acceptors (Lipinski definition) is 6. The van der Waals surface area contributed by atoms with Crippen LogP contribution in [0.25, 0.3) is 0 Å². The Hall–Kier alpha value is -2.18. The van der Waals surface area contributed by atoms with Crippen molar-refractivity contribution < 1.29 is 14.6 Å². The smallest absolute Gasteiger partial charge is 0.224 e. The van der Waals surface area contributed by atoms with E-state index in [1.807, 2.05) is 12.1 Å². The van der Waals surface area contributed by atoms with Crippen molar-refractivity contribution in [2.24, 2.45) is 0 Å². The highest BCUT2D eigenvalue weighted by Crippen LogP contribution is 2.22. The van der Waals surface area contributed by atoms with Gasteiger partial charge in [0.25, 0.3) is 0 Å². The van der Waals surface area contributed by atoms with Gasteiger partial charge in [-0.2, -0.15) is 4.98 Å². The van der Waals surface area contributed by atoms with E-state index in [0.29, 0.717) is 29.9 Å². The zero-order valence-corrected chi connectivity index (χ0v) is 11.5. The van der Waals surface area contributed by atoms with E-state index in [9.17, 15) is 0 Å². The third kappa shape index (κ3) is 3.66. The lowest BCUT2D eigenvalue weighted by atomic mass is 10.2. The third-order valence-electron chi connectivity index (χ3n) is 2.58. The monoisotopic (exact) mass is 275 g/mol. The summed E-state index contributed by atoms with van der Waals surface area (Å²) in [5.74, 6) is 2.22. The summed E-state index contributed by atoms with van der Waals surface area (Å²) in [5, 5.41) is 12.1. The molecule has 0 aliphatic heterocycles. The molecule has 0 spiro atoms. The Morgan fingerprint density at radius 1 is 1.25 bits per heavy atom. The number of methoxy groups -OCH3 is 1. The molecule has 6 nitrogen and oxygen atoms in total. The third-order valence-corrected chi connectivity index (χ3v) is 2.58. The highest BCUT2D eigenvalue weighted by Gasteiger charge is 2.06. The Balaban J connectivity index is 2.24. The summed E-state index contributed by atoms with van der Waals surface area (Å²) in [4.78, 5) is 8.51. The SMILES string of the molecule is CNc1cc(Oc2cccc(CO)c2)nc(COC)n1. The van der Waals surface area contributed by atoms with Crippen LogP contribution in [0.4, 0.5) is 5.82 Å². The Labute approximate surface area is 117 Å². The largest absolute Gasteiger partial charge is 0.439 e. The minimum absolute atomic E-state index is 0.0301. The maximum atomic E-state index is 9.12. The average Bonchev–Trinajstić information content (AvgIpc) is 2.47. The Kier molecular flexibility index (Phi) is 4.86. The fourth-order valence-electron chi connectivity index (χ4n) is 1.67. The first kappa shape index (κ1) is 14.2. The predicted molar refractivity (Wildman–Crippen MR) is 74.7 cm³/mol. The molecule has 0 radical (unpaired) electrons. The molecule has 2 rings (SSSR count). The number of ether oxygens (including phenoxy) is 2. The molecule has 0 amide bonds. The van der Waals surface area contributed by atoms with Crippen LogP contribution in [0.15, 0.2) is 30.3 Å². The van der Waals surface area contributed by atoms with E-state index in [1.54, 1.807) is 32.4 Å². The lowest BCUT2D eigenvalue weighted by molar-refractivity contribution is 0.177. The van der Waals surface area contributed by atoms with E-state index in [0.717, 1.165) is 5.56 Å². The molecule has 0 atom stereocenters. The normalized spacial score (nSPS) is 10.3. The van der Waals surface area contributed by atoms with Crippen LogP contribution in [0, 0.1) is 0 Å². The maximum Gasteiger partial charge on any atom is 0.224 e. The van der Waals surface area contributed by atoms with Gasteiger partial charge in [-0.1, -0.05) is 12.1 Å². The summed E-state index contributed by atoms with van der Waals surface area (Å²) in [7, 11) is 3.36. The highest BCUT2D eigenvalue weighted by atomic mass is 16.5. The van der Waals surface area contributed by atoms with Gasteiger partial charge in [0.05, 0.1) is 6.61 Å². The Bertz CT molecular complexity index is 575. The minimum atomic E-state index is -0.0301. The van der Waals surface area contributed by atoms with E-state index in [2.05, 4.69) is 15.3 Å². The second-order valence-corrected chi connectivity index (χ2v) is 4.10. The minimum Gasteiger partial charge on any atom is -0.439 e. The van der Waals surface area contributed by atoms with Crippen LogP contribution >= 0.6 is 0 Å². The van der Waals surface area contributed by atoms with Gasteiger partial charge in [0.1, 0.15) is 18.2 Å². The van der Waals surface area contributed by atoms with E-state index in [4.69, 9.17) is 14.6 Å². The van der Waals surface area contributed by atoms with Gasteiger partial charge in [0, 0.05) is 20.2 Å². The van der Waals surface area contributed by atoms with Crippen molar-refractivity contribution in [2.45, 2.75) is 13.2 Å². The number of benzene rings is 1. The summed E-state index contributed by atoms with van der Waals surface area (Å²) in [6.45, 7) is 0.278. The molecule has 0 unspecified atom stereocenters. The molecule has 0 saturated heterocycles. The van der Waals surface area contributed by atoms with Crippen molar-refractivity contribution in [3.8, 4) is 11.6 Å². The fraction of sp³-hybridized carbons (Fsp3) is 0.286. The van der Waals surface area contributed by atoms with Gasteiger partial charge in [-0.25, -0.2) is 4.98 Å². The number of rotatable bonds is 6. The summed E-state index contributed by atoms with van der Waals surface area (Å²) >= 11 is 0. The van der Waals surface area contributed by atoms with Crippen molar-refractivity contribution in [2.75, 3.05) is 19.5 Å². The van der Waals surface area contributed by atoms with Crippen molar-refractivity contribution in [3.05, 3.63) is 41.7 Å². The van der Waals surface area contributed by atoms with Crippen LogP contribution in [0.1, 0.15) is 11.4 Å². The zero-order valence-electron chi connectivity index (χ0n) is 11.5. The van der Waals surface area contributed by atoms with Gasteiger partial charge in [-0.15, -0.1) is 0 Å². The summed E-state index contributed by atoms with van der Waals surface area (Å²) in [6, 6.07) is 8.90. The lowest BCUT2D eigenvalue weighted by Gasteiger charge is -2.09. The number of aliphatic hydroxyl groups is 1. The van der Waals surface area contributed by atoms with Gasteiger partial charge in [0.15, 0.2) is 5.82 Å². The topological polar surface area (TPSA) is 76.5 Å². The molecule has 6 heteroatoms. The van der Waals surface area contributed by atoms with Crippen LogP contribution in [0.2, 0.25) is 0 Å². The molecule has 2 N–H and O–H groups in total. The van der Waals surface area contributed by atoms with E-state index in [-0.39, 0.29) is 6.61 Å². The molecule has 0 aliphatic carbocycles. The lowest BCUT2D eigenvalue weighted by Crippen LogP contribution is -2.03. The second kappa shape index (κ2) is 6.83. The van der Waals surface area contributed by atoms with Crippen molar-refractivity contribution in [3.63, 3.8) is 0 Å². The first-order valence-corrected chi connectivity index (χ1v) is 6.17. The van der Waals surface area contributed by atoms with Crippen LogP contribution in [-0.4, -0.2) is 29.2 Å². The fourth-order valence-corrected chi connectivity index (χ4v) is 1.67.